The molecule has 90 valence electrons. The molecule has 0 radical (unpaired) electrons. The molecule has 0 bridgehead atoms. The Labute approximate surface area is 101 Å². The number of nitrogens with two attached hydrogens (primary N) is 1. The van der Waals surface area contributed by atoms with Crippen LogP contribution in [0.15, 0.2) is 18.2 Å². The molecule has 0 aromatic heterocycles. The normalized spacial score (nSPS) is 11.4. The van der Waals surface area contributed by atoms with Crippen LogP contribution in [0.4, 0.5) is 5.69 Å². The summed E-state index contributed by atoms with van der Waals surface area (Å²) >= 11 is 5.92. The molecule has 0 aliphatic carbocycles. The number of hydrogen-bond acceptors (Lipinski definition) is 3. The lowest BCUT2D eigenvalue weighted by Gasteiger charge is -2.11. The van der Waals surface area contributed by atoms with E-state index in [9.17, 15) is 8.42 Å². The third kappa shape index (κ3) is 3.66. The van der Waals surface area contributed by atoms with Crippen LogP contribution in [0.5, 0.6) is 0 Å². The number of para-hydroxylation sites is 1. The number of nitrogens with one attached hydrogen (secondary N) is 1. The number of aryl methyl sites for hydroxylation is 1. The average Bonchev–Trinajstić information content (AvgIpc) is 2.21. The molecule has 0 unspecified atom stereocenters. The average molecular weight is 263 g/mol. The van der Waals surface area contributed by atoms with Gasteiger partial charge in [0.25, 0.3) is 0 Å². The van der Waals surface area contributed by atoms with E-state index in [1.165, 1.54) is 0 Å². The highest BCUT2D eigenvalue weighted by Gasteiger charge is 2.13. The van der Waals surface area contributed by atoms with Gasteiger partial charge in [0.1, 0.15) is 0 Å². The summed E-state index contributed by atoms with van der Waals surface area (Å²) in [7, 11) is -3.36. The minimum Gasteiger partial charge on any atom is -0.330 e. The Morgan fingerprint density at radius 2 is 2.12 bits per heavy atom. The Morgan fingerprint density at radius 3 is 2.69 bits per heavy atom. The molecule has 0 atom stereocenters. The molecule has 1 aromatic carbocycles. The Hall–Kier alpha value is -0.780. The zero-order valence-corrected chi connectivity index (χ0v) is 10.6. The maximum Gasteiger partial charge on any atom is 0.232 e. The summed E-state index contributed by atoms with van der Waals surface area (Å²) in [5.41, 5.74) is 6.51. The van der Waals surface area contributed by atoms with Gasteiger partial charge in [-0.25, -0.2) is 8.42 Å². The molecule has 0 spiro atoms. The van der Waals surface area contributed by atoms with E-state index in [0.717, 1.165) is 5.56 Å². The number of sulfonamides is 1. The molecule has 0 saturated heterocycles. The van der Waals surface area contributed by atoms with Gasteiger partial charge in [0.2, 0.25) is 10.0 Å². The Kier molecular flexibility index (Phi) is 4.58. The number of hydrogen-bond donors (Lipinski definition) is 2. The number of benzene rings is 1. The van der Waals surface area contributed by atoms with Crippen LogP contribution in [0.1, 0.15) is 12.0 Å². The summed E-state index contributed by atoms with van der Waals surface area (Å²) in [5, 5.41) is 0.399. The van der Waals surface area contributed by atoms with Crippen LogP contribution in [-0.4, -0.2) is 20.7 Å². The first-order valence-electron chi connectivity index (χ1n) is 4.92. The number of halogens is 1. The van der Waals surface area contributed by atoms with Crippen LogP contribution in [-0.2, 0) is 10.0 Å². The van der Waals surface area contributed by atoms with E-state index in [2.05, 4.69) is 4.72 Å². The maximum absolute atomic E-state index is 11.6. The minimum absolute atomic E-state index is 0.00810. The third-order valence-corrected chi connectivity index (χ3v) is 3.75. The molecule has 0 fully saturated rings. The zero-order valence-electron chi connectivity index (χ0n) is 9.03. The number of anilines is 1. The van der Waals surface area contributed by atoms with Gasteiger partial charge in [0.05, 0.1) is 16.5 Å². The van der Waals surface area contributed by atoms with Crippen LogP contribution in [0.25, 0.3) is 0 Å². The molecule has 3 N–H and O–H groups in total. The monoisotopic (exact) mass is 262 g/mol. The second-order valence-corrected chi connectivity index (χ2v) is 5.74. The van der Waals surface area contributed by atoms with Crippen molar-refractivity contribution in [1.82, 2.24) is 0 Å². The molecule has 0 aliphatic heterocycles. The van der Waals surface area contributed by atoms with Gasteiger partial charge in [-0.15, -0.1) is 0 Å². The highest BCUT2D eigenvalue weighted by molar-refractivity contribution is 7.92. The van der Waals surface area contributed by atoms with E-state index < -0.39 is 10.0 Å². The van der Waals surface area contributed by atoms with Gasteiger partial charge in [-0.2, -0.15) is 0 Å². The van der Waals surface area contributed by atoms with Crippen LogP contribution in [0, 0.1) is 6.92 Å². The van der Waals surface area contributed by atoms with E-state index in [0.29, 0.717) is 23.7 Å². The summed E-state index contributed by atoms with van der Waals surface area (Å²) in [6, 6.07) is 5.22. The zero-order chi connectivity index (χ0) is 12.2. The largest absolute Gasteiger partial charge is 0.330 e. The first-order chi connectivity index (χ1) is 7.46. The first-order valence-corrected chi connectivity index (χ1v) is 6.95. The molecule has 16 heavy (non-hydrogen) atoms. The van der Waals surface area contributed by atoms with Crippen LogP contribution in [0.2, 0.25) is 5.02 Å². The van der Waals surface area contributed by atoms with Crippen molar-refractivity contribution < 1.29 is 8.42 Å². The van der Waals surface area contributed by atoms with Crippen molar-refractivity contribution in [3.63, 3.8) is 0 Å². The van der Waals surface area contributed by atoms with E-state index >= 15 is 0 Å². The van der Waals surface area contributed by atoms with Crippen LogP contribution < -0.4 is 10.5 Å². The van der Waals surface area contributed by atoms with Crippen molar-refractivity contribution in [3.8, 4) is 0 Å². The molecular formula is C10H15ClN2O2S. The van der Waals surface area contributed by atoms with Gasteiger partial charge in [-0.1, -0.05) is 23.7 Å². The Balaban J connectivity index is 2.88. The predicted molar refractivity (Wildman–Crippen MR) is 67.3 cm³/mol. The molecule has 0 saturated carbocycles. The van der Waals surface area contributed by atoms with Crippen molar-refractivity contribution in [2.24, 2.45) is 5.73 Å². The quantitative estimate of drug-likeness (QED) is 0.849. The SMILES string of the molecule is Cc1cccc(Cl)c1NS(=O)(=O)CCCN. The number of rotatable bonds is 5. The topological polar surface area (TPSA) is 72.2 Å². The fourth-order valence-electron chi connectivity index (χ4n) is 1.24. The highest BCUT2D eigenvalue weighted by atomic mass is 35.5. The molecule has 0 amide bonds. The lowest BCUT2D eigenvalue weighted by molar-refractivity contribution is 0.598. The standard InChI is InChI=1S/C10H15ClN2O2S/c1-8-4-2-5-9(11)10(8)13-16(14,15)7-3-6-12/h2,4-5,13H,3,6-7,12H2,1H3. The summed E-state index contributed by atoms with van der Waals surface area (Å²) in [6.45, 7) is 2.15. The molecular weight excluding hydrogens is 248 g/mol. The van der Waals surface area contributed by atoms with Crippen LogP contribution >= 0.6 is 11.6 Å². The van der Waals surface area contributed by atoms with Crippen molar-refractivity contribution >= 4 is 27.3 Å². The summed E-state index contributed by atoms with van der Waals surface area (Å²) < 4.78 is 25.8. The first kappa shape index (κ1) is 13.3. The summed E-state index contributed by atoms with van der Waals surface area (Å²) in [5.74, 6) is 0.00810. The minimum atomic E-state index is -3.36. The van der Waals surface area contributed by atoms with Gasteiger partial charge >= 0.3 is 0 Å². The molecule has 1 aromatic rings. The smallest absolute Gasteiger partial charge is 0.232 e. The molecule has 1 rings (SSSR count). The van der Waals surface area contributed by atoms with Crippen molar-refractivity contribution in [3.05, 3.63) is 28.8 Å². The van der Waals surface area contributed by atoms with Gasteiger partial charge in [0, 0.05) is 0 Å². The summed E-state index contributed by atoms with van der Waals surface area (Å²) in [4.78, 5) is 0. The van der Waals surface area contributed by atoms with Gasteiger partial charge in [-0.3, -0.25) is 4.72 Å². The predicted octanol–water partition coefficient (Wildman–Crippen LogP) is 1.74. The molecule has 6 heteroatoms. The van der Waals surface area contributed by atoms with E-state index in [1.807, 2.05) is 0 Å². The van der Waals surface area contributed by atoms with Gasteiger partial charge < -0.3 is 5.73 Å². The lowest BCUT2D eigenvalue weighted by atomic mass is 10.2. The highest BCUT2D eigenvalue weighted by Crippen LogP contribution is 2.26. The van der Waals surface area contributed by atoms with Crippen molar-refractivity contribution in [1.29, 1.82) is 0 Å². The third-order valence-electron chi connectivity index (χ3n) is 2.10. The van der Waals surface area contributed by atoms with E-state index in [1.54, 1.807) is 25.1 Å². The molecule has 0 heterocycles. The lowest BCUT2D eigenvalue weighted by Crippen LogP contribution is -2.19. The summed E-state index contributed by atoms with van der Waals surface area (Å²) in [6.07, 6.45) is 0.429. The maximum atomic E-state index is 11.6. The van der Waals surface area contributed by atoms with E-state index in [-0.39, 0.29) is 5.75 Å². The van der Waals surface area contributed by atoms with Crippen molar-refractivity contribution in [2.75, 3.05) is 17.0 Å². The fourth-order valence-corrected chi connectivity index (χ4v) is 2.80. The van der Waals surface area contributed by atoms with Gasteiger partial charge in [-0.05, 0) is 31.5 Å². The second kappa shape index (κ2) is 5.52. The van der Waals surface area contributed by atoms with Crippen molar-refractivity contribution in [2.45, 2.75) is 13.3 Å². The molecule has 0 aliphatic rings. The molecule has 4 nitrogen and oxygen atoms in total. The van der Waals surface area contributed by atoms with Gasteiger partial charge in [0.15, 0.2) is 0 Å². The van der Waals surface area contributed by atoms with Crippen LogP contribution in [0.3, 0.4) is 0 Å². The Morgan fingerprint density at radius 1 is 1.44 bits per heavy atom. The Bertz CT molecular complexity index is 440. The second-order valence-electron chi connectivity index (χ2n) is 3.49. The fraction of sp³-hybridized carbons (Fsp3) is 0.400. The van der Waals surface area contributed by atoms with E-state index in [4.69, 9.17) is 17.3 Å².